The number of benzene rings is 1. The summed E-state index contributed by atoms with van der Waals surface area (Å²) in [5.74, 6) is -0.496. The number of carbonyl (C=O) groups is 3. The summed E-state index contributed by atoms with van der Waals surface area (Å²) in [6.45, 7) is -0.354. The smallest absolute Gasteiger partial charge is 0.299 e. The molecular formula is C13H9FN2O3. The van der Waals surface area contributed by atoms with Crippen molar-refractivity contribution < 1.29 is 18.8 Å². The van der Waals surface area contributed by atoms with E-state index in [1.807, 2.05) is 0 Å². The Morgan fingerprint density at radius 2 is 2.16 bits per heavy atom. The fraction of sp³-hybridized carbons (Fsp3) is 0.154. The van der Waals surface area contributed by atoms with Gasteiger partial charge in [-0.05, 0) is 18.2 Å². The van der Waals surface area contributed by atoms with Crippen molar-refractivity contribution in [2.24, 2.45) is 0 Å². The van der Waals surface area contributed by atoms with Gasteiger partial charge in [0.1, 0.15) is 12.4 Å². The molecule has 0 saturated heterocycles. The van der Waals surface area contributed by atoms with Crippen molar-refractivity contribution in [3.8, 4) is 12.3 Å². The van der Waals surface area contributed by atoms with Gasteiger partial charge in [-0.2, -0.15) is 0 Å². The van der Waals surface area contributed by atoms with Crippen molar-refractivity contribution in [2.75, 3.05) is 18.0 Å². The van der Waals surface area contributed by atoms with Crippen LogP contribution in [0, 0.1) is 18.2 Å². The van der Waals surface area contributed by atoms with Gasteiger partial charge in [0.05, 0.1) is 17.8 Å². The normalized spacial score (nSPS) is 13.2. The predicted octanol–water partition coefficient (Wildman–Crippen LogP) is 0.104. The first kappa shape index (κ1) is 12.8. The Morgan fingerprint density at radius 1 is 1.42 bits per heavy atom. The van der Waals surface area contributed by atoms with Crippen LogP contribution in [0.5, 0.6) is 0 Å². The second kappa shape index (κ2) is 4.90. The summed E-state index contributed by atoms with van der Waals surface area (Å²) in [6.07, 6.45) is 4.98. The van der Waals surface area contributed by atoms with Crippen molar-refractivity contribution in [2.45, 2.75) is 0 Å². The molecule has 1 aromatic rings. The molecule has 1 N–H and O–H groups in total. The molecule has 1 heterocycles. The zero-order chi connectivity index (χ0) is 14.0. The molecule has 1 aliphatic rings. The number of nitrogens with zero attached hydrogens (tertiary/aromatic N) is 1. The zero-order valence-electron chi connectivity index (χ0n) is 9.77. The molecule has 0 aromatic heterocycles. The van der Waals surface area contributed by atoms with E-state index in [2.05, 4.69) is 11.2 Å². The summed E-state index contributed by atoms with van der Waals surface area (Å²) in [4.78, 5) is 35.8. The van der Waals surface area contributed by atoms with Gasteiger partial charge in [-0.3, -0.25) is 19.3 Å². The van der Waals surface area contributed by atoms with Gasteiger partial charge in [-0.15, -0.1) is 6.42 Å². The summed E-state index contributed by atoms with van der Waals surface area (Å²) in [5, 5.41) is 2.37. The van der Waals surface area contributed by atoms with Gasteiger partial charge in [0.15, 0.2) is 0 Å². The Bertz CT molecular complexity index is 619. The lowest BCUT2D eigenvalue weighted by Crippen LogP contribution is -2.40. The van der Waals surface area contributed by atoms with Crippen LogP contribution in [0.1, 0.15) is 10.4 Å². The number of fused-ring (bicyclic) bond motifs is 1. The van der Waals surface area contributed by atoms with Crippen LogP contribution in [0.4, 0.5) is 10.1 Å². The number of anilines is 1. The van der Waals surface area contributed by atoms with E-state index < -0.39 is 23.4 Å². The lowest BCUT2D eigenvalue weighted by atomic mass is 10.1. The minimum atomic E-state index is -0.851. The standard InChI is InChI=1S/C13H9FN2O3/c1-2-5-15-11(17)7-16-10-6-8(14)3-4-9(10)12(18)13(16)19/h1,3-4,6H,5,7H2,(H,15,17). The van der Waals surface area contributed by atoms with E-state index in [1.54, 1.807) is 0 Å². The molecule has 96 valence electrons. The van der Waals surface area contributed by atoms with Crippen LogP contribution in [-0.4, -0.2) is 30.7 Å². The number of halogens is 1. The summed E-state index contributed by atoms with van der Waals surface area (Å²) in [7, 11) is 0. The Balaban J connectivity index is 2.26. The van der Waals surface area contributed by atoms with Crippen molar-refractivity contribution in [1.29, 1.82) is 0 Å². The lowest BCUT2D eigenvalue weighted by molar-refractivity contribution is -0.121. The minimum absolute atomic E-state index is 0.0187. The van der Waals surface area contributed by atoms with Crippen LogP contribution in [0.15, 0.2) is 18.2 Å². The zero-order valence-corrected chi connectivity index (χ0v) is 9.77. The Kier molecular flexibility index (Phi) is 3.29. The van der Waals surface area contributed by atoms with Gasteiger partial charge < -0.3 is 5.32 Å². The number of carbonyl (C=O) groups excluding carboxylic acids is 3. The number of amides is 2. The summed E-state index contributed by atoms with van der Waals surface area (Å²) < 4.78 is 13.2. The third kappa shape index (κ3) is 2.31. The fourth-order valence-corrected chi connectivity index (χ4v) is 1.77. The van der Waals surface area contributed by atoms with E-state index in [9.17, 15) is 18.8 Å². The molecule has 0 unspecified atom stereocenters. The van der Waals surface area contributed by atoms with Crippen LogP contribution in [0.3, 0.4) is 0 Å². The Labute approximate surface area is 108 Å². The molecule has 6 heteroatoms. The number of ketones is 1. The Morgan fingerprint density at radius 3 is 2.84 bits per heavy atom. The van der Waals surface area contributed by atoms with E-state index in [0.29, 0.717) is 0 Å². The van der Waals surface area contributed by atoms with E-state index >= 15 is 0 Å². The lowest BCUT2D eigenvalue weighted by Gasteiger charge is -2.15. The average molecular weight is 260 g/mol. The molecule has 0 atom stereocenters. The van der Waals surface area contributed by atoms with Gasteiger partial charge in [0.25, 0.3) is 11.7 Å². The molecule has 0 radical (unpaired) electrons. The van der Waals surface area contributed by atoms with Crippen molar-refractivity contribution in [3.63, 3.8) is 0 Å². The van der Waals surface area contributed by atoms with Crippen LogP contribution in [0.2, 0.25) is 0 Å². The highest BCUT2D eigenvalue weighted by molar-refractivity contribution is 6.52. The maximum atomic E-state index is 13.2. The first-order valence-corrected chi connectivity index (χ1v) is 5.40. The molecule has 1 aliphatic heterocycles. The Hall–Kier alpha value is -2.68. The van der Waals surface area contributed by atoms with Crippen LogP contribution >= 0.6 is 0 Å². The summed E-state index contributed by atoms with van der Waals surface area (Å²) in [5.41, 5.74) is 0.196. The van der Waals surface area contributed by atoms with Gasteiger partial charge in [-0.1, -0.05) is 5.92 Å². The second-order valence-electron chi connectivity index (χ2n) is 3.86. The number of rotatable bonds is 3. The number of hydrogen-bond acceptors (Lipinski definition) is 3. The van der Waals surface area contributed by atoms with Crippen LogP contribution < -0.4 is 10.2 Å². The topological polar surface area (TPSA) is 66.5 Å². The number of Topliss-reactive ketones (excluding diaryl/α,β-unsaturated/α-hetero) is 1. The number of nitrogens with one attached hydrogen (secondary N) is 1. The second-order valence-corrected chi connectivity index (χ2v) is 3.86. The van der Waals surface area contributed by atoms with E-state index in [1.165, 1.54) is 6.07 Å². The molecule has 0 bridgehead atoms. The van der Waals surface area contributed by atoms with E-state index in [4.69, 9.17) is 6.42 Å². The fourth-order valence-electron chi connectivity index (χ4n) is 1.77. The maximum Gasteiger partial charge on any atom is 0.299 e. The highest BCUT2D eigenvalue weighted by atomic mass is 19.1. The number of hydrogen-bond donors (Lipinski definition) is 1. The largest absolute Gasteiger partial charge is 0.344 e. The molecule has 0 fully saturated rings. The van der Waals surface area contributed by atoms with Gasteiger partial charge in [0.2, 0.25) is 5.91 Å². The first-order chi connectivity index (χ1) is 9.04. The average Bonchev–Trinajstić information content (AvgIpc) is 2.61. The van der Waals surface area contributed by atoms with E-state index in [-0.39, 0.29) is 24.3 Å². The highest BCUT2D eigenvalue weighted by Gasteiger charge is 2.36. The molecule has 0 spiro atoms. The van der Waals surface area contributed by atoms with Gasteiger partial charge >= 0.3 is 0 Å². The molecular weight excluding hydrogens is 251 g/mol. The third-order valence-electron chi connectivity index (χ3n) is 2.62. The van der Waals surface area contributed by atoms with Crippen LogP contribution in [-0.2, 0) is 9.59 Å². The van der Waals surface area contributed by atoms with Crippen molar-refractivity contribution >= 4 is 23.3 Å². The SMILES string of the molecule is C#CCNC(=O)CN1C(=O)C(=O)c2ccc(F)cc21. The van der Waals surface area contributed by atoms with Crippen molar-refractivity contribution in [1.82, 2.24) is 5.32 Å². The minimum Gasteiger partial charge on any atom is -0.344 e. The quantitative estimate of drug-likeness (QED) is 0.619. The first-order valence-electron chi connectivity index (χ1n) is 5.40. The number of terminal acetylenes is 1. The van der Waals surface area contributed by atoms with Gasteiger partial charge in [0, 0.05) is 0 Å². The predicted molar refractivity (Wildman–Crippen MR) is 64.9 cm³/mol. The highest BCUT2D eigenvalue weighted by Crippen LogP contribution is 2.29. The molecule has 0 saturated carbocycles. The monoisotopic (exact) mass is 260 g/mol. The molecule has 2 amide bonds. The molecule has 19 heavy (non-hydrogen) atoms. The summed E-state index contributed by atoms with van der Waals surface area (Å²) >= 11 is 0. The molecule has 1 aromatic carbocycles. The maximum absolute atomic E-state index is 13.2. The van der Waals surface area contributed by atoms with Crippen molar-refractivity contribution in [3.05, 3.63) is 29.6 Å². The van der Waals surface area contributed by atoms with E-state index in [0.717, 1.165) is 17.0 Å². The summed E-state index contributed by atoms with van der Waals surface area (Å²) in [6, 6.07) is 3.36. The molecule has 2 rings (SSSR count). The van der Waals surface area contributed by atoms with Gasteiger partial charge in [-0.25, -0.2) is 4.39 Å². The van der Waals surface area contributed by atoms with Crippen LogP contribution in [0.25, 0.3) is 0 Å². The third-order valence-corrected chi connectivity index (χ3v) is 2.62. The molecule has 5 nitrogen and oxygen atoms in total. The molecule has 0 aliphatic carbocycles.